The summed E-state index contributed by atoms with van der Waals surface area (Å²) in [5.74, 6) is 0.389. The van der Waals surface area contributed by atoms with Crippen LogP contribution < -0.4 is 4.72 Å². The van der Waals surface area contributed by atoms with Gasteiger partial charge in [0.05, 0.1) is 12.0 Å². The van der Waals surface area contributed by atoms with Crippen LogP contribution in [-0.4, -0.2) is 14.3 Å². The van der Waals surface area contributed by atoms with Gasteiger partial charge < -0.3 is 0 Å². The van der Waals surface area contributed by atoms with Crippen molar-refractivity contribution in [1.29, 1.82) is 0 Å². The average molecular weight is 236 g/mol. The Labute approximate surface area is 94.8 Å². The first-order valence-electron chi connectivity index (χ1n) is 4.86. The standard InChI is InChI=1S/C11H12N2O2S/c1-9-2-4-10(5-3-9)8-12-11-6-7-16(14,15)13-11/h2-7H,8H2,1H3,(H,12,13). The van der Waals surface area contributed by atoms with Crippen LogP contribution in [0.4, 0.5) is 0 Å². The first-order chi connectivity index (χ1) is 7.55. The number of nitrogens with zero attached hydrogens (tertiary/aromatic N) is 1. The van der Waals surface area contributed by atoms with Crippen molar-refractivity contribution in [2.24, 2.45) is 4.99 Å². The smallest absolute Gasteiger partial charge is 0.256 e. The molecule has 0 unspecified atom stereocenters. The number of hydrogen-bond acceptors (Lipinski definition) is 3. The number of hydrogen-bond donors (Lipinski definition) is 1. The molecule has 0 bridgehead atoms. The fourth-order valence-electron chi connectivity index (χ4n) is 1.32. The lowest BCUT2D eigenvalue weighted by Crippen LogP contribution is -2.21. The Morgan fingerprint density at radius 1 is 1.25 bits per heavy atom. The second kappa shape index (κ2) is 4.09. The monoisotopic (exact) mass is 236 g/mol. The second-order valence-corrected chi connectivity index (χ2v) is 5.20. The van der Waals surface area contributed by atoms with Crippen LogP contribution in [0.1, 0.15) is 11.1 Å². The number of sulfonamides is 1. The number of aliphatic imine (C=N–C) groups is 1. The highest BCUT2D eigenvalue weighted by atomic mass is 32.2. The van der Waals surface area contributed by atoms with Crippen LogP contribution in [0.5, 0.6) is 0 Å². The van der Waals surface area contributed by atoms with E-state index in [0.29, 0.717) is 12.4 Å². The van der Waals surface area contributed by atoms with Gasteiger partial charge >= 0.3 is 0 Å². The van der Waals surface area contributed by atoms with Crippen molar-refractivity contribution >= 4 is 15.9 Å². The Morgan fingerprint density at radius 3 is 2.50 bits per heavy atom. The minimum atomic E-state index is -3.27. The van der Waals surface area contributed by atoms with E-state index in [1.807, 2.05) is 31.2 Å². The molecule has 16 heavy (non-hydrogen) atoms. The molecule has 1 aliphatic rings. The number of rotatable bonds is 2. The fraction of sp³-hybridized carbons (Fsp3) is 0.182. The molecule has 0 atom stereocenters. The van der Waals surface area contributed by atoms with Gasteiger partial charge in [-0.2, -0.15) is 0 Å². The highest BCUT2D eigenvalue weighted by Gasteiger charge is 2.13. The Hall–Kier alpha value is -1.62. The molecule has 0 amide bonds. The summed E-state index contributed by atoms with van der Waals surface area (Å²) in [7, 11) is -3.27. The molecule has 0 radical (unpaired) electrons. The van der Waals surface area contributed by atoms with Gasteiger partial charge in [-0.1, -0.05) is 29.8 Å². The molecule has 5 heteroatoms. The molecule has 0 aliphatic carbocycles. The van der Waals surface area contributed by atoms with E-state index in [4.69, 9.17) is 0 Å². The molecule has 0 aromatic heterocycles. The minimum absolute atomic E-state index is 0.389. The van der Waals surface area contributed by atoms with Gasteiger partial charge in [0, 0.05) is 0 Å². The maximum atomic E-state index is 11.0. The summed E-state index contributed by atoms with van der Waals surface area (Å²) in [4.78, 5) is 4.16. The molecule has 0 saturated carbocycles. The van der Waals surface area contributed by atoms with Crippen molar-refractivity contribution in [2.75, 3.05) is 0 Å². The fourth-order valence-corrected chi connectivity index (χ4v) is 2.12. The lowest BCUT2D eigenvalue weighted by atomic mass is 10.1. The summed E-state index contributed by atoms with van der Waals surface area (Å²) < 4.78 is 24.4. The summed E-state index contributed by atoms with van der Waals surface area (Å²) in [5.41, 5.74) is 2.25. The lowest BCUT2D eigenvalue weighted by molar-refractivity contribution is 0.602. The van der Waals surface area contributed by atoms with Gasteiger partial charge in [0.25, 0.3) is 10.0 Å². The maximum absolute atomic E-state index is 11.0. The second-order valence-electron chi connectivity index (χ2n) is 3.64. The normalized spacial score (nSPS) is 19.9. The molecule has 2 rings (SSSR count). The van der Waals surface area contributed by atoms with Crippen LogP contribution >= 0.6 is 0 Å². The molecule has 1 heterocycles. The number of amidine groups is 1. The topological polar surface area (TPSA) is 58.5 Å². The predicted octanol–water partition coefficient (Wildman–Crippen LogP) is 1.34. The zero-order chi connectivity index (χ0) is 11.6. The zero-order valence-electron chi connectivity index (χ0n) is 8.84. The molecule has 0 saturated heterocycles. The minimum Gasteiger partial charge on any atom is -0.264 e. The van der Waals surface area contributed by atoms with Gasteiger partial charge in [-0.3, -0.25) is 9.71 Å². The van der Waals surface area contributed by atoms with Gasteiger partial charge in [-0.15, -0.1) is 0 Å². The van der Waals surface area contributed by atoms with Crippen LogP contribution in [0.3, 0.4) is 0 Å². The highest BCUT2D eigenvalue weighted by molar-refractivity contribution is 7.93. The third-order valence-electron chi connectivity index (χ3n) is 2.20. The van der Waals surface area contributed by atoms with Crippen molar-refractivity contribution in [1.82, 2.24) is 4.72 Å². The van der Waals surface area contributed by atoms with Gasteiger partial charge in [0.1, 0.15) is 5.84 Å². The quantitative estimate of drug-likeness (QED) is 0.842. The SMILES string of the molecule is Cc1ccc(CN=C2C=CS(=O)(=O)N2)cc1. The van der Waals surface area contributed by atoms with E-state index in [1.54, 1.807) is 0 Å². The zero-order valence-corrected chi connectivity index (χ0v) is 9.66. The summed E-state index contributed by atoms with van der Waals surface area (Å²) in [6.45, 7) is 2.49. The molecule has 1 aromatic rings. The largest absolute Gasteiger partial charge is 0.264 e. The van der Waals surface area contributed by atoms with Crippen molar-refractivity contribution < 1.29 is 8.42 Å². The predicted molar refractivity (Wildman–Crippen MR) is 63.5 cm³/mol. The Kier molecular flexibility index (Phi) is 2.78. The maximum Gasteiger partial charge on any atom is 0.256 e. The van der Waals surface area contributed by atoms with E-state index in [1.165, 1.54) is 11.6 Å². The van der Waals surface area contributed by atoms with Crippen LogP contribution in [0.15, 0.2) is 40.7 Å². The molecule has 1 N–H and O–H groups in total. The van der Waals surface area contributed by atoms with E-state index in [9.17, 15) is 8.42 Å². The summed E-state index contributed by atoms with van der Waals surface area (Å²) >= 11 is 0. The van der Waals surface area contributed by atoms with Crippen LogP contribution in [0, 0.1) is 6.92 Å². The molecule has 1 aliphatic heterocycles. The Balaban J connectivity index is 2.06. The van der Waals surface area contributed by atoms with E-state index >= 15 is 0 Å². The first-order valence-corrected chi connectivity index (χ1v) is 6.41. The summed E-state index contributed by atoms with van der Waals surface area (Å²) in [6.07, 6.45) is 1.46. The molecular formula is C11H12N2O2S. The van der Waals surface area contributed by atoms with Crippen LogP contribution in [0.2, 0.25) is 0 Å². The molecular weight excluding hydrogens is 224 g/mol. The first kappa shape index (κ1) is 10.9. The van der Waals surface area contributed by atoms with Crippen LogP contribution in [-0.2, 0) is 16.6 Å². The average Bonchev–Trinajstić information content (AvgIpc) is 2.58. The third-order valence-corrected chi connectivity index (χ3v) is 3.19. The van der Waals surface area contributed by atoms with Crippen LogP contribution in [0.25, 0.3) is 0 Å². The van der Waals surface area contributed by atoms with E-state index < -0.39 is 10.0 Å². The Morgan fingerprint density at radius 2 is 1.94 bits per heavy atom. The van der Waals surface area contributed by atoms with Crippen molar-refractivity contribution in [2.45, 2.75) is 13.5 Å². The summed E-state index contributed by atoms with van der Waals surface area (Å²) in [6, 6.07) is 7.97. The van der Waals surface area contributed by atoms with Crippen molar-refractivity contribution in [3.63, 3.8) is 0 Å². The molecule has 0 fully saturated rings. The highest BCUT2D eigenvalue weighted by Crippen LogP contribution is 2.06. The number of aryl methyl sites for hydroxylation is 1. The van der Waals surface area contributed by atoms with Gasteiger partial charge in [0.2, 0.25) is 0 Å². The number of nitrogens with one attached hydrogen (secondary N) is 1. The lowest BCUT2D eigenvalue weighted by Gasteiger charge is -1.99. The van der Waals surface area contributed by atoms with Crippen molar-refractivity contribution in [3.8, 4) is 0 Å². The van der Waals surface area contributed by atoms with Crippen molar-refractivity contribution in [3.05, 3.63) is 46.9 Å². The Bertz CT molecular complexity index is 542. The molecule has 84 valence electrons. The van der Waals surface area contributed by atoms with Gasteiger partial charge in [-0.05, 0) is 18.6 Å². The van der Waals surface area contributed by atoms with Gasteiger partial charge in [0.15, 0.2) is 0 Å². The third kappa shape index (κ3) is 2.70. The van der Waals surface area contributed by atoms with E-state index in [0.717, 1.165) is 11.0 Å². The van der Waals surface area contributed by atoms with E-state index in [-0.39, 0.29) is 0 Å². The van der Waals surface area contributed by atoms with E-state index in [2.05, 4.69) is 9.71 Å². The molecule has 1 aromatic carbocycles. The summed E-state index contributed by atoms with van der Waals surface area (Å²) in [5, 5.41) is 1.11. The number of benzene rings is 1. The molecule has 0 spiro atoms. The molecule has 4 nitrogen and oxygen atoms in total. The van der Waals surface area contributed by atoms with Gasteiger partial charge in [-0.25, -0.2) is 8.42 Å².